The summed E-state index contributed by atoms with van der Waals surface area (Å²) < 4.78 is 11.8. The van der Waals surface area contributed by atoms with E-state index in [0.717, 1.165) is 0 Å². The molecule has 0 amide bonds. The fourth-order valence-corrected chi connectivity index (χ4v) is 4.61. The summed E-state index contributed by atoms with van der Waals surface area (Å²) in [6, 6.07) is 11.3. The van der Waals surface area contributed by atoms with Crippen molar-refractivity contribution in [3.05, 3.63) is 62.8 Å². The number of ether oxygens (including phenoxy) is 2. The van der Waals surface area contributed by atoms with E-state index in [1.165, 1.54) is 18.4 Å². The summed E-state index contributed by atoms with van der Waals surface area (Å²) in [5, 5.41) is 22.8. The number of para-hydroxylation sites is 1. The maximum Gasteiger partial charge on any atom is 0.256 e. The molecule has 1 aromatic carbocycles. The lowest BCUT2D eigenvalue weighted by molar-refractivity contribution is 0.389. The van der Waals surface area contributed by atoms with E-state index < -0.39 is 11.5 Å². The number of nitrogens with two attached hydrogens (primary N) is 1. The van der Waals surface area contributed by atoms with Gasteiger partial charge in [0.25, 0.3) is 5.56 Å². The average molecular weight is 405 g/mol. The molecule has 4 N–H and O–H groups in total. The molecule has 0 fully saturated rings. The highest BCUT2D eigenvalue weighted by molar-refractivity contribution is 7.23. The van der Waals surface area contributed by atoms with Crippen LogP contribution < -0.4 is 26.1 Å². The van der Waals surface area contributed by atoms with E-state index in [2.05, 4.69) is 22.4 Å². The highest BCUT2D eigenvalue weighted by atomic mass is 32.1. The minimum Gasteiger partial charge on any atom is -0.496 e. The second-order valence-corrected chi connectivity index (χ2v) is 7.26. The number of nitriles is 2. The predicted octanol–water partition coefficient (Wildman–Crippen LogP) is 2.73. The molecule has 3 aromatic rings. The fourth-order valence-electron chi connectivity index (χ4n) is 3.55. The van der Waals surface area contributed by atoms with Gasteiger partial charge in [-0.15, -0.1) is 11.3 Å². The van der Waals surface area contributed by atoms with Crippen LogP contribution >= 0.6 is 11.3 Å². The highest BCUT2D eigenvalue weighted by Gasteiger charge is 2.37. The second-order valence-electron chi connectivity index (χ2n) is 6.24. The molecule has 1 aliphatic rings. The van der Waals surface area contributed by atoms with E-state index in [1.54, 1.807) is 31.3 Å². The topological polar surface area (TPSA) is 137 Å². The van der Waals surface area contributed by atoms with E-state index in [1.807, 2.05) is 0 Å². The summed E-state index contributed by atoms with van der Waals surface area (Å²) in [7, 11) is 3.21. The number of nitrogens with one attached hydrogen (secondary N) is 2. The quantitative estimate of drug-likeness (QED) is 0.609. The highest BCUT2D eigenvalue weighted by Crippen LogP contribution is 2.48. The third-order valence-electron chi connectivity index (χ3n) is 4.81. The molecule has 8 nitrogen and oxygen atoms in total. The van der Waals surface area contributed by atoms with E-state index in [0.29, 0.717) is 32.1 Å². The minimum atomic E-state index is -0.765. The molecule has 4 rings (SSSR count). The van der Waals surface area contributed by atoms with E-state index in [9.17, 15) is 15.3 Å². The smallest absolute Gasteiger partial charge is 0.256 e. The van der Waals surface area contributed by atoms with Crippen LogP contribution in [0.15, 0.2) is 40.5 Å². The lowest BCUT2D eigenvalue weighted by atomic mass is 9.83. The van der Waals surface area contributed by atoms with Crippen LogP contribution in [0.3, 0.4) is 0 Å². The number of pyridine rings is 1. The van der Waals surface area contributed by atoms with Gasteiger partial charge in [0.2, 0.25) is 5.88 Å². The number of fused-ring (bicyclic) bond motifs is 3. The van der Waals surface area contributed by atoms with Crippen molar-refractivity contribution in [3.63, 3.8) is 0 Å². The Morgan fingerprint density at radius 1 is 1.31 bits per heavy atom. The first kappa shape index (κ1) is 18.4. The number of rotatable bonds is 3. The number of hydrogen-bond acceptors (Lipinski definition) is 8. The normalized spacial score (nSPS) is 15.2. The zero-order valence-electron chi connectivity index (χ0n) is 15.5. The minimum absolute atomic E-state index is 0.0827. The molecule has 1 unspecified atom stereocenters. The van der Waals surface area contributed by atoms with Crippen molar-refractivity contribution in [2.24, 2.45) is 5.73 Å². The Morgan fingerprint density at radius 2 is 2.07 bits per heavy atom. The van der Waals surface area contributed by atoms with Gasteiger partial charge in [-0.3, -0.25) is 4.79 Å². The summed E-state index contributed by atoms with van der Waals surface area (Å²) in [5.74, 6) is -0.0798. The molecule has 144 valence electrons. The number of allylic oxidation sites excluding steroid dienone is 1. The van der Waals surface area contributed by atoms with Crippen LogP contribution in [0.4, 0.5) is 5.00 Å². The van der Waals surface area contributed by atoms with Gasteiger partial charge in [0.1, 0.15) is 34.0 Å². The van der Waals surface area contributed by atoms with Crippen LogP contribution in [-0.2, 0) is 0 Å². The van der Waals surface area contributed by atoms with Gasteiger partial charge in [0.05, 0.1) is 28.8 Å². The standard InChI is InChI=1S/C20H15N5O3S/c1-24-20-11(8-22)15-17(29-20)16-14(19(26)25-15)13(10(7-21)18(23)28-16)9-5-3-4-6-12(9)27-2/h3-6,13,24H,23H2,1-2H3,(H,25,26). The van der Waals surface area contributed by atoms with Gasteiger partial charge in [0, 0.05) is 12.6 Å². The monoisotopic (exact) mass is 405 g/mol. The van der Waals surface area contributed by atoms with Crippen molar-refractivity contribution >= 4 is 26.6 Å². The molecule has 9 heteroatoms. The molecule has 0 spiro atoms. The maximum absolute atomic E-state index is 13.1. The Balaban J connectivity index is 2.12. The zero-order valence-corrected chi connectivity index (χ0v) is 16.3. The lowest BCUT2D eigenvalue weighted by Crippen LogP contribution is -2.27. The van der Waals surface area contributed by atoms with Crippen molar-refractivity contribution in [1.29, 1.82) is 10.5 Å². The summed E-state index contributed by atoms with van der Waals surface area (Å²) in [6.07, 6.45) is 0. The van der Waals surface area contributed by atoms with Gasteiger partial charge in [-0.25, -0.2) is 0 Å². The average Bonchev–Trinajstić information content (AvgIpc) is 3.10. The molecule has 2 aromatic heterocycles. The Bertz CT molecular complexity index is 1320. The Kier molecular flexibility index (Phi) is 4.38. The van der Waals surface area contributed by atoms with Gasteiger partial charge in [-0.1, -0.05) is 18.2 Å². The summed E-state index contributed by atoms with van der Waals surface area (Å²) >= 11 is 1.27. The molecule has 0 aliphatic carbocycles. The SMILES string of the molecule is CNc1sc2c3c(c(=O)[nH]c2c1C#N)C(c1ccccc1OC)C(C#N)=C(N)O3. The van der Waals surface area contributed by atoms with E-state index in [4.69, 9.17) is 15.2 Å². The Hall–Kier alpha value is -3.95. The van der Waals surface area contributed by atoms with Crippen LogP contribution in [0.2, 0.25) is 0 Å². The van der Waals surface area contributed by atoms with Crippen LogP contribution in [0, 0.1) is 22.7 Å². The third kappa shape index (κ3) is 2.60. The van der Waals surface area contributed by atoms with E-state index >= 15 is 0 Å². The number of aromatic amines is 1. The Labute approximate surface area is 169 Å². The number of H-pyrrole nitrogens is 1. The first-order chi connectivity index (χ1) is 14.0. The molecule has 29 heavy (non-hydrogen) atoms. The Morgan fingerprint density at radius 3 is 2.72 bits per heavy atom. The molecule has 0 bridgehead atoms. The van der Waals surface area contributed by atoms with Crippen molar-refractivity contribution in [2.45, 2.75) is 5.92 Å². The number of thiophene rings is 1. The summed E-state index contributed by atoms with van der Waals surface area (Å²) in [5.41, 5.74) is 7.31. The van der Waals surface area contributed by atoms with Crippen LogP contribution in [-0.4, -0.2) is 19.1 Å². The molecular formula is C20H15N5O3S. The number of hydrogen-bond donors (Lipinski definition) is 3. The number of benzene rings is 1. The van der Waals surface area contributed by atoms with Crippen LogP contribution in [0.5, 0.6) is 11.5 Å². The molecule has 1 aliphatic heterocycles. The first-order valence-corrected chi connectivity index (χ1v) is 9.38. The molecule has 3 heterocycles. The third-order valence-corrected chi connectivity index (χ3v) is 6.01. The van der Waals surface area contributed by atoms with Gasteiger partial charge < -0.3 is 25.5 Å². The van der Waals surface area contributed by atoms with Gasteiger partial charge >= 0.3 is 0 Å². The fraction of sp³-hybridized carbons (Fsp3) is 0.150. The molecule has 0 saturated heterocycles. The maximum atomic E-state index is 13.1. The van der Waals surface area contributed by atoms with Gasteiger partial charge in [-0.2, -0.15) is 10.5 Å². The lowest BCUT2D eigenvalue weighted by Gasteiger charge is -2.26. The number of aromatic nitrogens is 1. The van der Waals surface area contributed by atoms with Gasteiger partial charge in [0.15, 0.2) is 5.75 Å². The molecular weight excluding hydrogens is 390 g/mol. The van der Waals surface area contributed by atoms with Crippen LogP contribution in [0.25, 0.3) is 10.2 Å². The van der Waals surface area contributed by atoms with Crippen LogP contribution in [0.1, 0.15) is 22.6 Å². The zero-order chi connectivity index (χ0) is 20.7. The van der Waals surface area contributed by atoms with Crippen molar-refractivity contribution < 1.29 is 9.47 Å². The summed E-state index contributed by atoms with van der Waals surface area (Å²) in [4.78, 5) is 15.9. The van der Waals surface area contributed by atoms with Crippen molar-refractivity contribution in [2.75, 3.05) is 19.5 Å². The molecule has 0 saturated carbocycles. The first-order valence-electron chi connectivity index (χ1n) is 8.56. The number of nitrogens with zero attached hydrogens (tertiary/aromatic N) is 2. The van der Waals surface area contributed by atoms with E-state index in [-0.39, 0.29) is 22.8 Å². The predicted molar refractivity (Wildman–Crippen MR) is 109 cm³/mol. The molecule has 1 atom stereocenters. The van der Waals surface area contributed by atoms with Crippen molar-refractivity contribution in [1.82, 2.24) is 4.98 Å². The van der Waals surface area contributed by atoms with Gasteiger partial charge in [-0.05, 0) is 6.07 Å². The largest absolute Gasteiger partial charge is 0.496 e. The van der Waals surface area contributed by atoms with Crippen molar-refractivity contribution in [3.8, 4) is 23.6 Å². The molecule has 0 radical (unpaired) electrons. The number of anilines is 1. The second kappa shape index (κ2) is 6.89. The number of methoxy groups -OCH3 is 1. The summed E-state index contributed by atoms with van der Waals surface area (Å²) in [6.45, 7) is 0.